The lowest BCUT2D eigenvalue weighted by Gasteiger charge is -2.08. The molecule has 1 atom stereocenters. The Morgan fingerprint density at radius 1 is 1.32 bits per heavy atom. The number of amides is 1. The third kappa shape index (κ3) is 2.62. The number of carboxylic acid groups (broad SMARTS) is 1. The number of carbonyl (C=O) groups is 2. The summed E-state index contributed by atoms with van der Waals surface area (Å²) in [6, 6.07) is 6.49. The van der Waals surface area contributed by atoms with Crippen LogP contribution in [0.1, 0.15) is 17.5 Å². The summed E-state index contributed by atoms with van der Waals surface area (Å²) in [5.41, 5.74) is -0.0712. The highest BCUT2D eigenvalue weighted by atomic mass is 16.4. The lowest BCUT2D eigenvalue weighted by Crippen LogP contribution is -2.38. The van der Waals surface area contributed by atoms with Gasteiger partial charge in [0, 0.05) is 6.07 Å². The Bertz CT molecular complexity index is 703. The van der Waals surface area contributed by atoms with Gasteiger partial charge >= 0.3 is 5.97 Å². The lowest BCUT2D eigenvalue weighted by molar-refractivity contribution is -0.138. The predicted molar refractivity (Wildman–Crippen MR) is 67.0 cm³/mol. The van der Waals surface area contributed by atoms with Gasteiger partial charge in [0.15, 0.2) is 11.2 Å². The zero-order chi connectivity index (χ0) is 14.0. The summed E-state index contributed by atoms with van der Waals surface area (Å²) in [7, 11) is 0. The third-order valence-corrected chi connectivity index (χ3v) is 2.58. The molecule has 6 heteroatoms. The molecule has 0 bridgehead atoms. The van der Waals surface area contributed by atoms with Gasteiger partial charge in [-0.05, 0) is 19.1 Å². The van der Waals surface area contributed by atoms with E-state index in [1.807, 2.05) is 0 Å². The van der Waals surface area contributed by atoms with Crippen LogP contribution in [-0.2, 0) is 4.79 Å². The van der Waals surface area contributed by atoms with Gasteiger partial charge in [-0.1, -0.05) is 12.1 Å². The Labute approximate surface area is 107 Å². The van der Waals surface area contributed by atoms with E-state index in [0.29, 0.717) is 5.39 Å². The van der Waals surface area contributed by atoms with Gasteiger partial charge in [-0.3, -0.25) is 14.4 Å². The Morgan fingerprint density at radius 2 is 2.00 bits per heavy atom. The van der Waals surface area contributed by atoms with E-state index in [1.54, 1.807) is 24.3 Å². The highest BCUT2D eigenvalue weighted by Crippen LogP contribution is 2.11. The van der Waals surface area contributed by atoms with Crippen molar-refractivity contribution in [3.8, 4) is 0 Å². The quantitative estimate of drug-likeness (QED) is 0.859. The van der Waals surface area contributed by atoms with Crippen LogP contribution < -0.4 is 10.7 Å². The molecule has 1 amide bonds. The van der Waals surface area contributed by atoms with E-state index in [1.165, 1.54) is 6.92 Å². The highest BCUT2D eigenvalue weighted by Gasteiger charge is 2.18. The smallest absolute Gasteiger partial charge is 0.325 e. The van der Waals surface area contributed by atoms with Crippen LogP contribution in [0.5, 0.6) is 0 Å². The monoisotopic (exact) mass is 261 g/mol. The Morgan fingerprint density at radius 3 is 2.68 bits per heavy atom. The van der Waals surface area contributed by atoms with E-state index in [4.69, 9.17) is 9.52 Å². The van der Waals surface area contributed by atoms with Gasteiger partial charge in [-0.25, -0.2) is 0 Å². The number of nitrogens with one attached hydrogen (secondary N) is 1. The van der Waals surface area contributed by atoms with Crippen molar-refractivity contribution in [2.75, 3.05) is 0 Å². The first kappa shape index (κ1) is 12.8. The topological polar surface area (TPSA) is 96.6 Å². The third-order valence-electron chi connectivity index (χ3n) is 2.58. The molecule has 2 rings (SSSR count). The second kappa shape index (κ2) is 4.93. The van der Waals surface area contributed by atoms with E-state index >= 15 is 0 Å². The molecule has 0 aliphatic heterocycles. The van der Waals surface area contributed by atoms with Crippen LogP contribution in [0.15, 0.2) is 39.5 Å². The fraction of sp³-hybridized carbons (Fsp3) is 0.154. The molecule has 2 aromatic rings. The summed E-state index contributed by atoms with van der Waals surface area (Å²) in [6.07, 6.45) is 0. The van der Waals surface area contributed by atoms with Crippen molar-refractivity contribution in [3.63, 3.8) is 0 Å². The van der Waals surface area contributed by atoms with Crippen molar-refractivity contribution in [1.29, 1.82) is 0 Å². The van der Waals surface area contributed by atoms with Gasteiger partial charge in [-0.15, -0.1) is 0 Å². The molecule has 1 heterocycles. The van der Waals surface area contributed by atoms with Gasteiger partial charge in [0.1, 0.15) is 11.6 Å². The molecule has 19 heavy (non-hydrogen) atoms. The lowest BCUT2D eigenvalue weighted by atomic mass is 10.2. The van der Waals surface area contributed by atoms with Gasteiger partial charge in [-0.2, -0.15) is 0 Å². The molecule has 1 aromatic carbocycles. The van der Waals surface area contributed by atoms with Crippen LogP contribution in [0, 0.1) is 0 Å². The number of hydrogen-bond donors (Lipinski definition) is 2. The molecule has 0 aliphatic rings. The van der Waals surface area contributed by atoms with Crippen LogP contribution in [-0.4, -0.2) is 23.0 Å². The van der Waals surface area contributed by atoms with Crippen LogP contribution >= 0.6 is 0 Å². The summed E-state index contributed by atoms with van der Waals surface area (Å²) in [5, 5.41) is 11.3. The van der Waals surface area contributed by atoms with Crippen LogP contribution in [0.25, 0.3) is 11.0 Å². The molecule has 6 nitrogen and oxygen atoms in total. The zero-order valence-corrected chi connectivity index (χ0v) is 10.0. The maximum atomic E-state index is 11.8. The highest BCUT2D eigenvalue weighted by molar-refractivity contribution is 5.95. The molecule has 1 aromatic heterocycles. The normalized spacial score (nSPS) is 12.1. The number of benzene rings is 1. The number of hydrogen-bond acceptors (Lipinski definition) is 4. The minimum absolute atomic E-state index is 0.211. The SMILES string of the molecule is CC(NC(=O)c1cc(=O)c2ccccc2o1)C(=O)O. The summed E-state index contributed by atoms with van der Waals surface area (Å²) < 4.78 is 5.28. The average molecular weight is 261 g/mol. The number of fused-ring (bicyclic) bond motifs is 1. The van der Waals surface area contributed by atoms with E-state index < -0.39 is 17.9 Å². The Balaban J connectivity index is 2.38. The minimum Gasteiger partial charge on any atom is -0.480 e. The van der Waals surface area contributed by atoms with E-state index in [2.05, 4.69) is 5.32 Å². The summed E-state index contributed by atoms with van der Waals surface area (Å²) in [6.45, 7) is 1.32. The maximum absolute atomic E-state index is 11.8. The molecule has 0 fully saturated rings. The number of aliphatic carboxylic acids is 1. The molecule has 0 saturated carbocycles. The first-order valence-electron chi connectivity index (χ1n) is 5.55. The average Bonchev–Trinajstić information content (AvgIpc) is 2.38. The Hall–Kier alpha value is -2.63. The maximum Gasteiger partial charge on any atom is 0.325 e. The zero-order valence-electron chi connectivity index (χ0n) is 10.0. The van der Waals surface area contributed by atoms with Crippen molar-refractivity contribution in [1.82, 2.24) is 5.32 Å². The van der Waals surface area contributed by atoms with Crippen molar-refractivity contribution in [2.24, 2.45) is 0 Å². The second-order valence-corrected chi connectivity index (χ2v) is 4.00. The minimum atomic E-state index is -1.17. The van der Waals surface area contributed by atoms with Crippen molar-refractivity contribution in [2.45, 2.75) is 13.0 Å². The van der Waals surface area contributed by atoms with E-state index in [0.717, 1.165) is 6.07 Å². The van der Waals surface area contributed by atoms with Crippen molar-refractivity contribution >= 4 is 22.8 Å². The van der Waals surface area contributed by atoms with Crippen LogP contribution in [0.3, 0.4) is 0 Å². The van der Waals surface area contributed by atoms with E-state index in [-0.39, 0.29) is 16.8 Å². The molecule has 0 saturated heterocycles. The second-order valence-electron chi connectivity index (χ2n) is 4.00. The van der Waals surface area contributed by atoms with Gasteiger partial charge in [0.05, 0.1) is 5.39 Å². The molecule has 0 radical (unpaired) electrons. The number of carbonyl (C=O) groups excluding carboxylic acids is 1. The first-order valence-corrected chi connectivity index (χ1v) is 5.55. The van der Waals surface area contributed by atoms with Crippen LogP contribution in [0.2, 0.25) is 0 Å². The van der Waals surface area contributed by atoms with Crippen LogP contribution in [0.4, 0.5) is 0 Å². The van der Waals surface area contributed by atoms with Gasteiger partial charge in [0.25, 0.3) is 5.91 Å². The summed E-state index contributed by atoms with van der Waals surface area (Å²) >= 11 is 0. The Kier molecular flexibility index (Phi) is 3.33. The molecular formula is C13H11NO5. The molecule has 98 valence electrons. The number of para-hydroxylation sites is 1. The molecule has 2 N–H and O–H groups in total. The van der Waals surface area contributed by atoms with E-state index in [9.17, 15) is 14.4 Å². The van der Waals surface area contributed by atoms with Crippen molar-refractivity contribution in [3.05, 3.63) is 46.3 Å². The van der Waals surface area contributed by atoms with Gasteiger partial charge in [0.2, 0.25) is 0 Å². The fourth-order valence-corrected chi connectivity index (χ4v) is 1.55. The predicted octanol–water partition coefficient (Wildman–Crippen LogP) is 0.996. The largest absolute Gasteiger partial charge is 0.480 e. The number of rotatable bonds is 3. The number of carboxylic acids is 1. The summed E-state index contributed by atoms with van der Waals surface area (Å²) in [4.78, 5) is 34.2. The van der Waals surface area contributed by atoms with Crippen molar-refractivity contribution < 1.29 is 19.1 Å². The first-order chi connectivity index (χ1) is 8.99. The standard InChI is InChI=1S/C13H11NO5/c1-7(13(17)18)14-12(16)11-6-9(15)8-4-2-3-5-10(8)19-11/h2-7H,1H3,(H,14,16)(H,17,18). The van der Waals surface area contributed by atoms with Gasteiger partial charge < -0.3 is 14.8 Å². The summed E-state index contributed by atoms with van der Waals surface area (Å²) in [5.74, 6) is -2.12. The molecular weight excluding hydrogens is 250 g/mol. The molecule has 0 spiro atoms. The molecule has 0 aliphatic carbocycles. The fourth-order valence-electron chi connectivity index (χ4n) is 1.55. The molecule has 1 unspecified atom stereocenters.